The number of ether oxygens (including phenoxy) is 1. The van der Waals surface area contributed by atoms with E-state index < -0.39 is 0 Å². The van der Waals surface area contributed by atoms with Gasteiger partial charge in [-0.3, -0.25) is 0 Å². The molecule has 1 unspecified atom stereocenters. The van der Waals surface area contributed by atoms with Crippen LogP contribution >= 0.6 is 0 Å². The monoisotopic (exact) mass is 277 g/mol. The van der Waals surface area contributed by atoms with Crippen molar-refractivity contribution in [2.45, 2.75) is 13.0 Å². The van der Waals surface area contributed by atoms with Crippen LogP contribution in [0.25, 0.3) is 21.9 Å². The lowest BCUT2D eigenvalue weighted by atomic mass is 9.99. The van der Waals surface area contributed by atoms with Crippen LogP contribution in [0.3, 0.4) is 0 Å². The average molecular weight is 277 g/mol. The number of nitrogens with two attached hydrogens (primary N) is 1. The van der Waals surface area contributed by atoms with Gasteiger partial charge in [-0.25, -0.2) is 0 Å². The molecule has 0 bridgehead atoms. The van der Waals surface area contributed by atoms with Crippen LogP contribution in [0.1, 0.15) is 18.5 Å². The van der Waals surface area contributed by atoms with Crippen molar-refractivity contribution in [3.63, 3.8) is 0 Å². The van der Waals surface area contributed by atoms with E-state index in [-0.39, 0.29) is 6.04 Å². The number of hydrogen-bond donors (Lipinski definition) is 1. The van der Waals surface area contributed by atoms with Crippen LogP contribution in [-0.2, 0) is 0 Å². The van der Waals surface area contributed by atoms with E-state index in [0.717, 1.165) is 11.3 Å². The summed E-state index contributed by atoms with van der Waals surface area (Å²) < 4.78 is 5.26. The highest BCUT2D eigenvalue weighted by Gasteiger charge is 2.03. The lowest BCUT2D eigenvalue weighted by molar-refractivity contribution is 0.415. The van der Waals surface area contributed by atoms with E-state index in [1.807, 2.05) is 13.0 Å². The summed E-state index contributed by atoms with van der Waals surface area (Å²) in [6, 6.07) is 21.1. The summed E-state index contributed by atoms with van der Waals surface area (Å²) in [4.78, 5) is 0. The van der Waals surface area contributed by atoms with Crippen molar-refractivity contribution in [1.82, 2.24) is 0 Å². The van der Waals surface area contributed by atoms with Crippen LogP contribution in [0.2, 0.25) is 0 Å². The van der Waals surface area contributed by atoms with Gasteiger partial charge in [-0.1, -0.05) is 42.5 Å². The van der Waals surface area contributed by atoms with Crippen molar-refractivity contribution in [2.24, 2.45) is 5.73 Å². The van der Waals surface area contributed by atoms with Gasteiger partial charge in [0.25, 0.3) is 0 Å². The van der Waals surface area contributed by atoms with E-state index in [0.29, 0.717) is 0 Å². The first-order chi connectivity index (χ1) is 10.2. The average Bonchev–Trinajstić information content (AvgIpc) is 2.54. The second-order valence-corrected chi connectivity index (χ2v) is 5.34. The Morgan fingerprint density at radius 2 is 1.43 bits per heavy atom. The summed E-state index contributed by atoms with van der Waals surface area (Å²) in [5.41, 5.74) is 9.47. The first-order valence-corrected chi connectivity index (χ1v) is 7.11. The molecule has 0 aromatic heterocycles. The maximum absolute atomic E-state index is 5.89. The Morgan fingerprint density at radius 3 is 2.10 bits per heavy atom. The molecule has 0 amide bonds. The van der Waals surface area contributed by atoms with Crippen molar-refractivity contribution >= 4 is 10.8 Å². The molecule has 3 rings (SSSR count). The molecule has 2 heteroatoms. The van der Waals surface area contributed by atoms with Crippen LogP contribution in [0.4, 0.5) is 0 Å². The Morgan fingerprint density at radius 1 is 0.810 bits per heavy atom. The molecule has 0 aliphatic rings. The largest absolute Gasteiger partial charge is 0.497 e. The van der Waals surface area contributed by atoms with Crippen LogP contribution < -0.4 is 10.5 Å². The molecule has 0 saturated heterocycles. The van der Waals surface area contributed by atoms with E-state index in [4.69, 9.17) is 10.5 Å². The summed E-state index contributed by atoms with van der Waals surface area (Å²) in [7, 11) is 1.69. The molecule has 0 heterocycles. The molecule has 106 valence electrons. The molecular formula is C19H19NO. The number of hydrogen-bond acceptors (Lipinski definition) is 2. The molecular weight excluding hydrogens is 258 g/mol. The Hall–Kier alpha value is -2.32. The first-order valence-electron chi connectivity index (χ1n) is 7.11. The topological polar surface area (TPSA) is 35.2 Å². The minimum atomic E-state index is 0.0723. The van der Waals surface area contributed by atoms with Crippen molar-refractivity contribution in [3.05, 3.63) is 66.2 Å². The smallest absolute Gasteiger partial charge is 0.119 e. The Labute approximate surface area is 125 Å². The normalized spacial score (nSPS) is 12.3. The van der Waals surface area contributed by atoms with Gasteiger partial charge in [-0.05, 0) is 52.6 Å². The SMILES string of the molecule is COc1ccc2cc(-c3ccc(C(C)N)cc3)ccc2c1. The number of benzene rings is 3. The summed E-state index contributed by atoms with van der Waals surface area (Å²) in [5.74, 6) is 0.886. The maximum Gasteiger partial charge on any atom is 0.119 e. The van der Waals surface area contributed by atoms with Gasteiger partial charge >= 0.3 is 0 Å². The van der Waals surface area contributed by atoms with Crippen LogP contribution in [0.5, 0.6) is 5.75 Å². The van der Waals surface area contributed by atoms with Crippen molar-refractivity contribution < 1.29 is 4.74 Å². The molecule has 2 N–H and O–H groups in total. The first kappa shape index (κ1) is 13.7. The van der Waals surface area contributed by atoms with Gasteiger partial charge in [0, 0.05) is 6.04 Å². The van der Waals surface area contributed by atoms with Crippen molar-refractivity contribution in [2.75, 3.05) is 7.11 Å². The molecule has 0 radical (unpaired) electrons. The zero-order valence-electron chi connectivity index (χ0n) is 12.3. The van der Waals surface area contributed by atoms with E-state index in [1.54, 1.807) is 7.11 Å². The molecule has 0 spiro atoms. The van der Waals surface area contributed by atoms with E-state index in [9.17, 15) is 0 Å². The van der Waals surface area contributed by atoms with Gasteiger partial charge in [-0.2, -0.15) is 0 Å². The lowest BCUT2D eigenvalue weighted by Crippen LogP contribution is -2.04. The fourth-order valence-corrected chi connectivity index (χ4v) is 2.51. The Kier molecular flexibility index (Phi) is 3.63. The third-order valence-electron chi connectivity index (χ3n) is 3.82. The van der Waals surface area contributed by atoms with Gasteiger partial charge < -0.3 is 10.5 Å². The number of fused-ring (bicyclic) bond motifs is 1. The number of rotatable bonds is 3. The predicted molar refractivity (Wildman–Crippen MR) is 88.5 cm³/mol. The van der Waals surface area contributed by atoms with E-state index >= 15 is 0 Å². The zero-order valence-corrected chi connectivity index (χ0v) is 12.3. The van der Waals surface area contributed by atoms with Gasteiger partial charge in [0.2, 0.25) is 0 Å². The summed E-state index contributed by atoms with van der Waals surface area (Å²) in [5, 5.41) is 2.40. The summed E-state index contributed by atoms with van der Waals surface area (Å²) >= 11 is 0. The van der Waals surface area contributed by atoms with Crippen molar-refractivity contribution in [1.29, 1.82) is 0 Å². The molecule has 0 saturated carbocycles. The second-order valence-electron chi connectivity index (χ2n) is 5.34. The highest BCUT2D eigenvalue weighted by Crippen LogP contribution is 2.27. The third-order valence-corrected chi connectivity index (χ3v) is 3.82. The van der Waals surface area contributed by atoms with Crippen LogP contribution in [0.15, 0.2) is 60.7 Å². The predicted octanol–water partition coefficient (Wildman–Crippen LogP) is 4.54. The molecule has 2 nitrogen and oxygen atoms in total. The van der Waals surface area contributed by atoms with Gasteiger partial charge in [0.1, 0.15) is 5.75 Å². The Bertz CT molecular complexity index is 760. The number of methoxy groups -OCH3 is 1. The summed E-state index contributed by atoms with van der Waals surface area (Å²) in [6.45, 7) is 2.00. The summed E-state index contributed by atoms with van der Waals surface area (Å²) in [6.07, 6.45) is 0. The second kappa shape index (κ2) is 5.58. The quantitative estimate of drug-likeness (QED) is 0.763. The highest BCUT2D eigenvalue weighted by atomic mass is 16.5. The minimum Gasteiger partial charge on any atom is -0.497 e. The van der Waals surface area contributed by atoms with Crippen LogP contribution in [0, 0.1) is 0 Å². The van der Waals surface area contributed by atoms with Gasteiger partial charge in [0.05, 0.1) is 7.11 Å². The fraction of sp³-hybridized carbons (Fsp3) is 0.158. The highest BCUT2D eigenvalue weighted by molar-refractivity contribution is 5.88. The van der Waals surface area contributed by atoms with Gasteiger partial charge in [0.15, 0.2) is 0 Å². The fourth-order valence-electron chi connectivity index (χ4n) is 2.51. The molecule has 3 aromatic rings. The molecule has 0 aliphatic heterocycles. The lowest BCUT2D eigenvalue weighted by Gasteiger charge is -2.09. The molecule has 3 aromatic carbocycles. The molecule has 0 aliphatic carbocycles. The molecule has 0 fully saturated rings. The van der Waals surface area contributed by atoms with Crippen LogP contribution in [-0.4, -0.2) is 7.11 Å². The van der Waals surface area contributed by atoms with E-state index in [2.05, 4.69) is 54.6 Å². The van der Waals surface area contributed by atoms with E-state index in [1.165, 1.54) is 21.9 Å². The Balaban J connectivity index is 2.00. The standard InChI is InChI=1S/C19H19NO/c1-13(20)14-3-5-15(6-4-14)16-7-8-18-12-19(21-2)10-9-17(18)11-16/h3-13H,20H2,1-2H3. The molecule has 21 heavy (non-hydrogen) atoms. The van der Waals surface area contributed by atoms with Crippen molar-refractivity contribution in [3.8, 4) is 16.9 Å². The molecule has 1 atom stereocenters. The van der Waals surface area contributed by atoms with Gasteiger partial charge in [-0.15, -0.1) is 0 Å². The third kappa shape index (κ3) is 2.76. The maximum atomic E-state index is 5.89. The zero-order chi connectivity index (χ0) is 14.8. The minimum absolute atomic E-state index is 0.0723.